The summed E-state index contributed by atoms with van der Waals surface area (Å²) >= 11 is 0. The van der Waals surface area contributed by atoms with E-state index in [1.54, 1.807) is 31.2 Å². The van der Waals surface area contributed by atoms with Crippen LogP contribution in [0.5, 0.6) is 11.5 Å². The molecule has 0 saturated heterocycles. The normalized spacial score (nSPS) is 10.0. The molecule has 0 saturated carbocycles. The van der Waals surface area contributed by atoms with Crippen molar-refractivity contribution in [2.24, 2.45) is 0 Å². The standard InChI is InChI=1S/C19H28N2O6/c1-4-25-16-6-8-17(9-7-16)27-14-18(23)21(13-11-20-15(3)22)12-10-19(24)26-5-2/h6-9H,4-5,10-14H2,1-3H3,(H,20,22). The van der Waals surface area contributed by atoms with Gasteiger partial charge >= 0.3 is 5.97 Å². The van der Waals surface area contributed by atoms with Crippen LogP contribution in [0.2, 0.25) is 0 Å². The average molecular weight is 380 g/mol. The number of carbonyl (C=O) groups is 3. The first-order valence-electron chi connectivity index (χ1n) is 8.99. The first-order chi connectivity index (χ1) is 13.0. The minimum Gasteiger partial charge on any atom is -0.494 e. The molecular weight excluding hydrogens is 352 g/mol. The second-order valence-corrected chi connectivity index (χ2v) is 5.61. The highest BCUT2D eigenvalue weighted by molar-refractivity contribution is 5.79. The van der Waals surface area contributed by atoms with E-state index in [1.807, 2.05) is 6.92 Å². The Morgan fingerprint density at radius 2 is 1.59 bits per heavy atom. The average Bonchev–Trinajstić information content (AvgIpc) is 2.64. The van der Waals surface area contributed by atoms with Crippen molar-refractivity contribution in [2.45, 2.75) is 27.2 Å². The summed E-state index contributed by atoms with van der Waals surface area (Å²) in [5.74, 6) is 0.431. The number of benzene rings is 1. The van der Waals surface area contributed by atoms with Gasteiger partial charge in [-0.3, -0.25) is 14.4 Å². The molecule has 8 heteroatoms. The Bertz CT molecular complexity index is 603. The number of amides is 2. The van der Waals surface area contributed by atoms with Crippen LogP contribution >= 0.6 is 0 Å². The molecule has 1 N–H and O–H groups in total. The second-order valence-electron chi connectivity index (χ2n) is 5.61. The molecule has 1 rings (SSSR count). The van der Waals surface area contributed by atoms with Crippen LogP contribution in [0.4, 0.5) is 0 Å². The van der Waals surface area contributed by atoms with Crippen LogP contribution in [0.1, 0.15) is 27.2 Å². The van der Waals surface area contributed by atoms with Gasteiger partial charge in [-0.05, 0) is 38.1 Å². The molecule has 0 fully saturated rings. The fourth-order valence-corrected chi connectivity index (χ4v) is 2.22. The number of esters is 1. The smallest absolute Gasteiger partial charge is 0.307 e. The van der Waals surface area contributed by atoms with E-state index in [1.165, 1.54) is 11.8 Å². The molecule has 0 atom stereocenters. The summed E-state index contributed by atoms with van der Waals surface area (Å²) in [7, 11) is 0. The zero-order valence-electron chi connectivity index (χ0n) is 16.2. The van der Waals surface area contributed by atoms with Gasteiger partial charge in [-0.15, -0.1) is 0 Å². The Hall–Kier alpha value is -2.77. The van der Waals surface area contributed by atoms with Crippen molar-refractivity contribution in [1.82, 2.24) is 10.2 Å². The number of hydrogen-bond acceptors (Lipinski definition) is 6. The second kappa shape index (κ2) is 12.6. The van der Waals surface area contributed by atoms with E-state index in [2.05, 4.69) is 5.32 Å². The molecule has 0 radical (unpaired) electrons. The van der Waals surface area contributed by atoms with Crippen molar-refractivity contribution in [3.63, 3.8) is 0 Å². The summed E-state index contributed by atoms with van der Waals surface area (Å²) in [6.45, 7) is 6.50. The zero-order valence-corrected chi connectivity index (χ0v) is 16.2. The molecule has 1 aromatic carbocycles. The van der Waals surface area contributed by atoms with E-state index in [0.29, 0.717) is 25.5 Å². The van der Waals surface area contributed by atoms with E-state index in [4.69, 9.17) is 14.2 Å². The molecule has 0 heterocycles. The summed E-state index contributed by atoms with van der Waals surface area (Å²) in [5, 5.41) is 2.63. The van der Waals surface area contributed by atoms with Gasteiger partial charge in [0.1, 0.15) is 11.5 Å². The molecule has 2 amide bonds. The largest absolute Gasteiger partial charge is 0.494 e. The maximum Gasteiger partial charge on any atom is 0.307 e. The first kappa shape index (κ1) is 22.3. The number of rotatable bonds is 12. The van der Waals surface area contributed by atoms with Crippen molar-refractivity contribution in [3.05, 3.63) is 24.3 Å². The highest BCUT2D eigenvalue weighted by Gasteiger charge is 2.16. The van der Waals surface area contributed by atoms with Crippen molar-refractivity contribution in [3.8, 4) is 11.5 Å². The maximum absolute atomic E-state index is 12.4. The molecule has 0 aliphatic carbocycles. The van der Waals surface area contributed by atoms with Gasteiger partial charge in [0.25, 0.3) is 5.91 Å². The van der Waals surface area contributed by atoms with Gasteiger partial charge in [-0.2, -0.15) is 0 Å². The van der Waals surface area contributed by atoms with E-state index in [0.717, 1.165) is 5.75 Å². The Balaban J connectivity index is 2.56. The SMILES string of the molecule is CCOC(=O)CCN(CCNC(C)=O)C(=O)COc1ccc(OCC)cc1. The molecule has 0 aliphatic heterocycles. The van der Waals surface area contributed by atoms with Gasteiger partial charge in [0, 0.05) is 26.6 Å². The molecule has 0 aliphatic rings. The van der Waals surface area contributed by atoms with E-state index in [9.17, 15) is 14.4 Å². The van der Waals surface area contributed by atoms with E-state index < -0.39 is 0 Å². The van der Waals surface area contributed by atoms with Gasteiger partial charge in [0.15, 0.2) is 6.61 Å². The summed E-state index contributed by atoms with van der Waals surface area (Å²) in [4.78, 5) is 36.5. The van der Waals surface area contributed by atoms with Crippen LogP contribution in [0.15, 0.2) is 24.3 Å². The van der Waals surface area contributed by atoms with Crippen molar-refractivity contribution < 1.29 is 28.6 Å². The number of nitrogens with zero attached hydrogens (tertiary/aromatic N) is 1. The molecule has 8 nitrogen and oxygen atoms in total. The van der Waals surface area contributed by atoms with Gasteiger partial charge in [0.05, 0.1) is 19.6 Å². The third kappa shape index (κ3) is 9.48. The van der Waals surface area contributed by atoms with Crippen LogP contribution < -0.4 is 14.8 Å². The number of carbonyl (C=O) groups excluding carboxylic acids is 3. The molecule has 150 valence electrons. The lowest BCUT2D eigenvalue weighted by atomic mass is 10.3. The quantitative estimate of drug-likeness (QED) is 0.551. The molecule has 0 bridgehead atoms. The van der Waals surface area contributed by atoms with Crippen LogP contribution in [-0.2, 0) is 19.1 Å². The van der Waals surface area contributed by atoms with Gasteiger partial charge in [-0.1, -0.05) is 0 Å². The van der Waals surface area contributed by atoms with Crippen molar-refractivity contribution in [1.29, 1.82) is 0 Å². The molecule has 27 heavy (non-hydrogen) atoms. The van der Waals surface area contributed by atoms with Crippen molar-refractivity contribution >= 4 is 17.8 Å². The minimum atomic E-state index is -0.373. The molecule has 0 spiro atoms. The maximum atomic E-state index is 12.4. The molecular formula is C19H28N2O6. The summed E-state index contributed by atoms with van der Waals surface area (Å²) in [6, 6.07) is 6.97. The minimum absolute atomic E-state index is 0.0860. The zero-order chi connectivity index (χ0) is 20.1. The lowest BCUT2D eigenvalue weighted by molar-refractivity contribution is -0.144. The summed E-state index contributed by atoms with van der Waals surface area (Å²) in [6.07, 6.45) is 0.0860. The van der Waals surface area contributed by atoms with Gasteiger partial charge < -0.3 is 24.4 Å². The highest BCUT2D eigenvalue weighted by Crippen LogP contribution is 2.17. The molecule has 0 aromatic heterocycles. The Morgan fingerprint density at radius 3 is 2.15 bits per heavy atom. The lowest BCUT2D eigenvalue weighted by Gasteiger charge is -2.22. The Kier molecular flexibility index (Phi) is 10.4. The Morgan fingerprint density at radius 1 is 0.963 bits per heavy atom. The fraction of sp³-hybridized carbons (Fsp3) is 0.526. The topological polar surface area (TPSA) is 94.2 Å². The number of nitrogens with one attached hydrogen (secondary N) is 1. The predicted octanol–water partition coefficient (Wildman–Crippen LogP) is 1.38. The third-order valence-electron chi connectivity index (χ3n) is 3.50. The molecule has 1 aromatic rings. The monoisotopic (exact) mass is 380 g/mol. The van der Waals surface area contributed by atoms with Crippen LogP contribution in [-0.4, -0.2) is 62.1 Å². The highest BCUT2D eigenvalue weighted by atomic mass is 16.5. The Labute approximate surface area is 159 Å². The van der Waals surface area contributed by atoms with Crippen LogP contribution in [0, 0.1) is 0 Å². The number of hydrogen-bond donors (Lipinski definition) is 1. The van der Waals surface area contributed by atoms with E-state index in [-0.39, 0.29) is 43.9 Å². The van der Waals surface area contributed by atoms with Gasteiger partial charge in [-0.25, -0.2) is 0 Å². The van der Waals surface area contributed by atoms with Crippen molar-refractivity contribution in [2.75, 3.05) is 39.5 Å². The fourth-order valence-electron chi connectivity index (χ4n) is 2.22. The van der Waals surface area contributed by atoms with Gasteiger partial charge in [0.2, 0.25) is 5.91 Å². The predicted molar refractivity (Wildman–Crippen MR) is 99.6 cm³/mol. The first-order valence-corrected chi connectivity index (χ1v) is 8.99. The summed E-state index contributed by atoms with van der Waals surface area (Å²) < 4.78 is 15.8. The molecule has 0 unspecified atom stereocenters. The van der Waals surface area contributed by atoms with E-state index >= 15 is 0 Å². The lowest BCUT2D eigenvalue weighted by Crippen LogP contribution is -2.41. The third-order valence-corrected chi connectivity index (χ3v) is 3.50. The van der Waals surface area contributed by atoms with Crippen LogP contribution in [0.25, 0.3) is 0 Å². The number of ether oxygens (including phenoxy) is 3. The summed E-state index contributed by atoms with van der Waals surface area (Å²) in [5.41, 5.74) is 0. The van der Waals surface area contributed by atoms with Crippen LogP contribution in [0.3, 0.4) is 0 Å².